The second-order valence-corrected chi connectivity index (χ2v) is 10.2. The monoisotopic (exact) mass is 590 g/mol. The fourth-order valence-corrected chi connectivity index (χ4v) is 4.96. The SMILES string of the molecule is COC(=O)CCC/C=C/CC1C(O)CC(OCc2ccccc2Br)C1/C=C/C(O)COc1ccccc1F. The molecule has 38 heavy (non-hydrogen) atoms. The van der Waals surface area contributed by atoms with Crippen molar-refractivity contribution in [1.29, 1.82) is 0 Å². The summed E-state index contributed by atoms with van der Waals surface area (Å²) in [6.45, 7) is 0.290. The molecule has 0 heterocycles. The van der Waals surface area contributed by atoms with Gasteiger partial charge < -0.3 is 24.4 Å². The Hall–Kier alpha value is -2.52. The largest absolute Gasteiger partial charge is 0.487 e. The Balaban J connectivity index is 1.63. The van der Waals surface area contributed by atoms with Crippen molar-refractivity contribution < 1.29 is 33.6 Å². The van der Waals surface area contributed by atoms with Crippen LogP contribution in [0.5, 0.6) is 5.75 Å². The van der Waals surface area contributed by atoms with Gasteiger partial charge >= 0.3 is 5.97 Å². The first-order chi connectivity index (χ1) is 18.4. The molecule has 5 unspecified atom stereocenters. The standard InChI is InChI=1S/C30H36BrFO6/c1-36-30(35)15-5-3-2-4-11-23-24(17-16-22(33)20-38-28-14-9-8-13-26(28)32)29(18-27(23)34)37-19-21-10-6-7-12-25(21)31/h2,4,6-10,12-14,16-17,22-24,27,29,33-34H,3,5,11,15,18-20H2,1H3/b4-2+,17-16+. The quantitative estimate of drug-likeness (QED) is 0.165. The summed E-state index contributed by atoms with van der Waals surface area (Å²) in [4.78, 5) is 11.3. The predicted octanol–water partition coefficient (Wildman–Crippen LogP) is 5.76. The molecule has 0 saturated heterocycles. The van der Waals surface area contributed by atoms with E-state index in [1.807, 2.05) is 42.5 Å². The van der Waals surface area contributed by atoms with Crippen LogP contribution in [0.25, 0.3) is 0 Å². The fourth-order valence-electron chi connectivity index (χ4n) is 4.56. The molecular formula is C30H36BrFO6. The lowest BCUT2D eigenvalue weighted by molar-refractivity contribution is -0.140. The maximum absolute atomic E-state index is 13.8. The van der Waals surface area contributed by atoms with Gasteiger partial charge in [-0.15, -0.1) is 0 Å². The van der Waals surface area contributed by atoms with E-state index < -0.39 is 18.0 Å². The van der Waals surface area contributed by atoms with Crippen molar-refractivity contribution in [2.24, 2.45) is 11.8 Å². The Morgan fingerprint density at radius 3 is 2.71 bits per heavy atom. The van der Waals surface area contributed by atoms with Gasteiger partial charge in [0.1, 0.15) is 12.7 Å². The summed E-state index contributed by atoms with van der Waals surface area (Å²) in [7, 11) is 1.38. The summed E-state index contributed by atoms with van der Waals surface area (Å²) >= 11 is 3.55. The minimum atomic E-state index is -0.953. The van der Waals surface area contributed by atoms with E-state index in [1.54, 1.807) is 18.2 Å². The van der Waals surface area contributed by atoms with E-state index in [1.165, 1.54) is 19.2 Å². The highest BCUT2D eigenvalue weighted by Crippen LogP contribution is 2.39. The van der Waals surface area contributed by atoms with Crippen LogP contribution in [0.2, 0.25) is 0 Å². The van der Waals surface area contributed by atoms with Gasteiger partial charge in [-0.25, -0.2) is 4.39 Å². The normalized spacial score (nSPS) is 22.2. The summed E-state index contributed by atoms with van der Waals surface area (Å²) in [6.07, 6.45) is 8.71. The molecule has 0 radical (unpaired) electrons. The van der Waals surface area contributed by atoms with Crippen LogP contribution in [0.3, 0.4) is 0 Å². The Kier molecular flexibility index (Phi) is 12.5. The Morgan fingerprint density at radius 1 is 1.18 bits per heavy atom. The summed E-state index contributed by atoms with van der Waals surface area (Å²) in [5.74, 6) is -0.873. The topological polar surface area (TPSA) is 85.2 Å². The number of hydrogen-bond acceptors (Lipinski definition) is 6. The Bertz CT molecular complexity index is 1070. The highest BCUT2D eigenvalue weighted by molar-refractivity contribution is 9.10. The Labute approximate surface area is 232 Å². The number of aliphatic hydroxyl groups is 2. The lowest BCUT2D eigenvalue weighted by Gasteiger charge is -2.23. The zero-order valence-electron chi connectivity index (χ0n) is 21.5. The number of allylic oxidation sites excluding steroid dienone is 2. The smallest absolute Gasteiger partial charge is 0.305 e. The summed E-state index contributed by atoms with van der Waals surface area (Å²) in [5.41, 5.74) is 1.01. The van der Waals surface area contributed by atoms with Crippen molar-refractivity contribution in [1.82, 2.24) is 0 Å². The Morgan fingerprint density at radius 2 is 1.95 bits per heavy atom. The molecule has 1 fully saturated rings. The van der Waals surface area contributed by atoms with Crippen LogP contribution in [-0.2, 0) is 20.9 Å². The van der Waals surface area contributed by atoms with Gasteiger partial charge in [0.2, 0.25) is 0 Å². The first kappa shape index (κ1) is 30.0. The first-order valence-corrected chi connectivity index (χ1v) is 13.7. The molecule has 0 aliphatic heterocycles. The van der Waals surface area contributed by atoms with Crippen LogP contribution in [0, 0.1) is 17.7 Å². The summed E-state index contributed by atoms with van der Waals surface area (Å²) in [5, 5.41) is 21.4. The molecule has 2 aromatic carbocycles. The summed E-state index contributed by atoms with van der Waals surface area (Å²) < 4.78 is 31.1. The lowest BCUT2D eigenvalue weighted by Crippen LogP contribution is -2.23. The number of carbonyl (C=O) groups is 1. The lowest BCUT2D eigenvalue weighted by atomic mass is 9.89. The molecular weight excluding hydrogens is 555 g/mol. The summed E-state index contributed by atoms with van der Waals surface area (Å²) in [6, 6.07) is 13.9. The van der Waals surface area contributed by atoms with Crippen molar-refractivity contribution in [3.8, 4) is 5.75 Å². The van der Waals surface area contributed by atoms with Crippen LogP contribution in [0.4, 0.5) is 4.39 Å². The van der Waals surface area contributed by atoms with Crippen molar-refractivity contribution >= 4 is 21.9 Å². The first-order valence-electron chi connectivity index (χ1n) is 12.9. The molecule has 1 aliphatic rings. The number of ether oxygens (including phenoxy) is 3. The van der Waals surface area contributed by atoms with Crippen molar-refractivity contribution in [2.45, 2.75) is 57.0 Å². The molecule has 0 bridgehead atoms. The molecule has 1 saturated carbocycles. The van der Waals surface area contributed by atoms with E-state index in [4.69, 9.17) is 9.47 Å². The molecule has 206 valence electrons. The third-order valence-corrected chi connectivity index (χ3v) is 7.43. The molecule has 6 nitrogen and oxygen atoms in total. The number of benzene rings is 2. The number of rotatable bonds is 14. The number of halogens is 2. The van der Waals surface area contributed by atoms with E-state index in [-0.39, 0.29) is 36.3 Å². The molecule has 2 N–H and O–H groups in total. The number of unbranched alkanes of at least 4 members (excludes halogenated alkanes) is 1. The zero-order valence-corrected chi connectivity index (χ0v) is 23.1. The highest BCUT2D eigenvalue weighted by Gasteiger charge is 2.41. The van der Waals surface area contributed by atoms with Gasteiger partial charge in [-0.3, -0.25) is 4.79 Å². The van der Waals surface area contributed by atoms with Crippen LogP contribution in [0.1, 0.15) is 37.7 Å². The van der Waals surface area contributed by atoms with Gasteiger partial charge in [0.15, 0.2) is 11.6 Å². The minimum absolute atomic E-state index is 0.0844. The van der Waals surface area contributed by atoms with Gasteiger partial charge in [-0.05, 0) is 48.9 Å². The second kappa shape index (κ2) is 15.8. The maximum Gasteiger partial charge on any atom is 0.305 e. The minimum Gasteiger partial charge on any atom is -0.487 e. The van der Waals surface area contributed by atoms with Crippen LogP contribution >= 0.6 is 15.9 Å². The average Bonchev–Trinajstić information content (AvgIpc) is 3.21. The third kappa shape index (κ3) is 9.34. The number of aliphatic hydroxyl groups excluding tert-OH is 2. The van der Waals surface area contributed by atoms with Gasteiger partial charge in [0.05, 0.1) is 25.9 Å². The number of esters is 1. The number of para-hydroxylation sites is 1. The molecule has 2 aromatic rings. The van der Waals surface area contributed by atoms with Gasteiger partial charge in [-0.1, -0.05) is 70.6 Å². The average molecular weight is 592 g/mol. The number of hydrogen-bond donors (Lipinski definition) is 2. The van der Waals surface area contributed by atoms with Gasteiger partial charge in [-0.2, -0.15) is 0 Å². The van der Waals surface area contributed by atoms with Crippen LogP contribution < -0.4 is 4.74 Å². The zero-order chi connectivity index (χ0) is 27.3. The molecule has 0 aromatic heterocycles. The van der Waals surface area contributed by atoms with E-state index in [9.17, 15) is 19.4 Å². The van der Waals surface area contributed by atoms with E-state index >= 15 is 0 Å². The van der Waals surface area contributed by atoms with E-state index in [0.717, 1.165) is 16.5 Å². The van der Waals surface area contributed by atoms with Crippen LogP contribution in [-0.4, -0.2) is 48.2 Å². The van der Waals surface area contributed by atoms with Crippen LogP contribution in [0.15, 0.2) is 77.3 Å². The number of carbonyl (C=O) groups excluding carboxylic acids is 1. The van der Waals surface area contributed by atoms with Gasteiger partial charge in [0.25, 0.3) is 0 Å². The van der Waals surface area contributed by atoms with E-state index in [0.29, 0.717) is 32.3 Å². The highest BCUT2D eigenvalue weighted by atomic mass is 79.9. The van der Waals surface area contributed by atoms with Crippen molar-refractivity contribution in [3.63, 3.8) is 0 Å². The molecule has 0 spiro atoms. The molecule has 8 heteroatoms. The molecule has 3 rings (SSSR count). The number of methoxy groups -OCH3 is 1. The molecule has 1 aliphatic carbocycles. The van der Waals surface area contributed by atoms with Crippen molar-refractivity contribution in [3.05, 3.63) is 88.7 Å². The van der Waals surface area contributed by atoms with Gasteiger partial charge in [0, 0.05) is 23.2 Å². The third-order valence-electron chi connectivity index (χ3n) is 6.66. The van der Waals surface area contributed by atoms with Crippen molar-refractivity contribution in [2.75, 3.05) is 13.7 Å². The second-order valence-electron chi connectivity index (χ2n) is 9.35. The van der Waals surface area contributed by atoms with E-state index in [2.05, 4.69) is 20.7 Å². The maximum atomic E-state index is 13.8. The fraction of sp³-hybridized carbons (Fsp3) is 0.433. The predicted molar refractivity (Wildman–Crippen MR) is 147 cm³/mol. The molecule has 5 atom stereocenters. The molecule has 0 amide bonds.